The molecular weight excluding hydrogens is 347 g/mol. The van der Waals surface area contributed by atoms with E-state index in [1.165, 1.54) is 18.2 Å². The summed E-state index contributed by atoms with van der Waals surface area (Å²) in [6.45, 7) is 3.75. The first-order chi connectivity index (χ1) is 11.9. The van der Waals surface area contributed by atoms with Gasteiger partial charge in [-0.25, -0.2) is 4.39 Å². The van der Waals surface area contributed by atoms with Crippen molar-refractivity contribution in [2.24, 2.45) is 0 Å². The molecule has 2 aromatic rings. The van der Waals surface area contributed by atoms with Crippen molar-refractivity contribution in [3.05, 3.63) is 52.8 Å². The fourth-order valence-electron chi connectivity index (χ4n) is 2.72. The third-order valence-electron chi connectivity index (χ3n) is 3.80. The number of carbonyl (C=O) groups excluding carboxylic acids is 2. The highest BCUT2D eigenvalue weighted by molar-refractivity contribution is 6.34. The second-order valence-electron chi connectivity index (χ2n) is 5.88. The first-order valence-corrected chi connectivity index (χ1v) is 8.10. The maximum Gasteiger partial charge on any atom is 0.265 e. The number of nitrogens with one attached hydrogen (secondary N) is 1. The fraction of sp³-hybridized carbons (Fsp3) is 0.222. The first-order valence-electron chi connectivity index (χ1n) is 7.72. The molecule has 0 radical (unpaired) electrons. The highest BCUT2D eigenvalue weighted by Gasteiger charge is 2.28. The van der Waals surface area contributed by atoms with Gasteiger partial charge in [-0.2, -0.15) is 0 Å². The lowest BCUT2D eigenvalue weighted by molar-refractivity contribution is -0.121. The Bertz CT molecular complexity index is 834. The third kappa shape index (κ3) is 3.30. The number of nitrogens with zero attached hydrogens (tertiary/aromatic N) is 1. The SMILES string of the molecule is CC(C)N1C(=O)COc2ccc(NC(=O)c3c(F)cccc3Cl)cc21. The van der Waals surface area contributed by atoms with Gasteiger partial charge in [0, 0.05) is 11.7 Å². The number of rotatable bonds is 3. The number of halogens is 2. The minimum atomic E-state index is -0.703. The molecule has 0 fully saturated rings. The van der Waals surface area contributed by atoms with Crippen LogP contribution < -0.4 is 15.0 Å². The highest BCUT2D eigenvalue weighted by Crippen LogP contribution is 2.36. The summed E-state index contributed by atoms with van der Waals surface area (Å²) in [5.74, 6) is -0.981. The van der Waals surface area contributed by atoms with Gasteiger partial charge in [0.05, 0.1) is 16.3 Å². The van der Waals surface area contributed by atoms with Crippen molar-refractivity contribution in [3.63, 3.8) is 0 Å². The van der Waals surface area contributed by atoms with E-state index in [1.54, 1.807) is 23.1 Å². The molecule has 1 N–H and O–H groups in total. The molecule has 2 aromatic carbocycles. The van der Waals surface area contributed by atoms with Gasteiger partial charge < -0.3 is 15.0 Å². The van der Waals surface area contributed by atoms with Crippen LogP contribution in [0.3, 0.4) is 0 Å². The van der Waals surface area contributed by atoms with Gasteiger partial charge in [-0.05, 0) is 44.2 Å². The topological polar surface area (TPSA) is 58.6 Å². The summed E-state index contributed by atoms with van der Waals surface area (Å²) in [6.07, 6.45) is 0. The molecule has 130 valence electrons. The fourth-order valence-corrected chi connectivity index (χ4v) is 2.97. The zero-order valence-corrected chi connectivity index (χ0v) is 14.4. The average molecular weight is 363 g/mol. The minimum absolute atomic E-state index is 0.0257. The molecule has 0 spiro atoms. The van der Waals surface area contributed by atoms with Gasteiger partial charge in [-0.3, -0.25) is 9.59 Å². The molecule has 3 rings (SSSR count). The van der Waals surface area contributed by atoms with Gasteiger partial charge >= 0.3 is 0 Å². The molecule has 2 amide bonds. The molecule has 0 saturated carbocycles. The van der Waals surface area contributed by atoms with Crippen LogP contribution in [0.15, 0.2) is 36.4 Å². The molecule has 1 heterocycles. The van der Waals surface area contributed by atoms with E-state index in [-0.39, 0.29) is 29.1 Å². The average Bonchev–Trinajstić information content (AvgIpc) is 2.54. The van der Waals surface area contributed by atoms with Crippen molar-refractivity contribution >= 4 is 34.8 Å². The summed E-state index contributed by atoms with van der Waals surface area (Å²) < 4.78 is 19.3. The van der Waals surface area contributed by atoms with E-state index in [1.807, 2.05) is 13.8 Å². The molecule has 0 aliphatic carbocycles. The number of benzene rings is 2. The van der Waals surface area contributed by atoms with Crippen LogP contribution in [0.5, 0.6) is 5.75 Å². The van der Waals surface area contributed by atoms with Gasteiger partial charge in [-0.1, -0.05) is 17.7 Å². The molecule has 0 unspecified atom stereocenters. The van der Waals surface area contributed by atoms with E-state index in [9.17, 15) is 14.0 Å². The second-order valence-corrected chi connectivity index (χ2v) is 6.29. The number of anilines is 2. The quantitative estimate of drug-likeness (QED) is 0.901. The minimum Gasteiger partial charge on any atom is -0.482 e. The Morgan fingerprint density at radius 3 is 2.76 bits per heavy atom. The number of amides is 2. The van der Waals surface area contributed by atoms with Crippen LogP contribution >= 0.6 is 11.6 Å². The molecule has 0 saturated heterocycles. The third-order valence-corrected chi connectivity index (χ3v) is 4.12. The van der Waals surface area contributed by atoms with Crippen LogP contribution in [-0.2, 0) is 4.79 Å². The van der Waals surface area contributed by atoms with Gasteiger partial charge in [0.25, 0.3) is 11.8 Å². The number of hydrogen-bond donors (Lipinski definition) is 1. The number of hydrogen-bond acceptors (Lipinski definition) is 3. The normalized spacial score (nSPS) is 13.5. The van der Waals surface area contributed by atoms with Crippen molar-refractivity contribution in [3.8, 4) is 5.75 Å². The van der Waals surface area contributed by atoms with Crippen molar-refractivity contribution < 1.29 is 18.7 Å². The predicted molar refractivity (Wildman–Crippen MR) is 93.9 cm³/mol. The zero-order chi connectivity index (χ0) is 18.1. The summed E-state index contributed by atoms with van der Waals surface area (Å²) in [4.78, 5) is 26.0. The van der Waals surface area contributed by atoms with Gasteiger partial charge in [-0.15, -0.1) is 0 Å². The Balaban J connectivity index is 1.92. The lowest BCUT2D eigenvalue weighted by Crippen LogP contribution is -2.43. The molecule has 0 bridgehead atoms. The van der Waals surface area contributed by atoms with Gasteiger partial charge in [0.2, 0.25) is 0 Å². The lowest BCUT2D eigenvalue weighted by atomic mass is 10.1. The maximum absolute atomic E-state index is 13.9. The van der Waals surface area contributed by atoms with E-state index in [0.717, 1.165) is 0 Å². The van der Waals surface area contributed by atoms with E-state index in [4.69, 9.17) is 16.3 Å². The van der Waals surface area contributed by atoms with Crippen LogP contribution in [0.4, 0.5) is 15.8 Å². The highest BCUT2D eigenvalue weighted by atomic mass is 35.5. The van der Waals surface area contributed by atoms with E-state index in [2.05, 4.69) is 5.32 Å². The van der Waals surface area contributed by atoms with Gasteiger partial charge in [0.15, 0.2) is 6.61 Å². The van der Waals surface area contributed by atoms with Crippen LogP contribution in [0.1, 0.15) is 24.2 Å². The molecule has 25 heavy (non-hydrogen) atoms. The number of ether oxygens (including phenoxy) is 1. The van der Waals surface area contributed by atoms with Crippen molar-refractivity contribution in [2.45, 2.75) is 19.9 Å². The van der Waals surface area contributed by atoms with Crippen LogP contribution in [0, 0.1) is 5.82 Å². The zero-order valence-electron chi connectivity index (χ0n) is 13.7. The maximum atomic E-state index is 13.9. The van der Waals surface area contributed by atoms with E-state index in [0.29, 0.717) is 17.1 Å². The molecule has 7 heteroatoms. The molecule has 1 aliphatic rings. The Kier molecular flexibility index (Phi) is 4.63. The molecule has 5 nitrogen and oxygen atoms in total. The largest absolute Gasteiger partial charge is 0.482 e. The summed E-state index contributed by atoms with van der Waals surface area (Å²) in [7, 11) is 0. The Hall–Kier alpha value is -2.60. The Labute approximate surface area is 149 Å². The molecule has 0 atom stereocenters. The van der Waals surface area contributed by atoms with Crippen molar-refractivity contribution in [1.29, 1.82) is 0 Å². The van der Waals surface area contributed by atoms with Crippen LogP contribution in [0.2, 0.25) is 5.02 Å². The molecule has 0 aromatic heterocycles. The lowest BCUT2D eigenvalue weighted by Gasteiger charge is -2.32. The van der Waals surface area contributed by atoms with Crippen LogP contribution in [0.25, 0.3) is 0 Å². The number of carbonyl (C=O) groups is 2. The van der Waals surface area contributed by atoms with Gasteiger partial charge in [0.1, 0.15) is 11.6 Å². The summed E-state index contributed by atoms with van der Waals surface area (Å²) in [5.41, 5.74) is 0.741. The summed E-state index contributed by atoms with van der Waals surface area (Å²) >= 11 is 5.92. The first kappa shape index (κ1) is 17.2. The van der Waals surface area contributed by atoms with E-state index < -0.39 is 11.7 Å². The van der Waals surface area contributed by atoms with Crippen LogP contribution in [-0.4, -0.2) is 24.5 Å². The number of fused-ring (bicyclic) bond motifs is 1. The van der Waals surface area contributed by atoms with E-state index >= 15 is 0 Å². The molecule has 1 aliphatic heterocycles. The Morgan fingerprint density at radius 1 is 1.32 bits per heavy atom. The van der Waals surface area contributed by atoms with Crippen molar-refractivity contribution in [2.75, 3.05) is 16.8 Å². The summed E-state index contributed by atoms with van der Waals surface area (Å²) in [5, 5.41) is 2.63. The predicted octanol–water partition coefficient (Wildman–Crippen LogP) is 3.87. The molecular formula is C18H16ClFN2O3. The monoisotopic (exact) mass is 362 g/mol. The van der Waals surface area contributed by atoms with Crippen molar-refractivity contribution in [1.82, 2.24) is 0 Å². The standard InChI is InChI=1S/C18H16ClFN2O3/c1-10(2)22-14-8-11(6-7-15(14)25-9-16(22)23)21-18(24)17-12(19)4-3-5-13(17)20/h3-8,10H,9H2,1-2H3,(H,21,24). The smallest absolute Gasteiger partial charge is 0.265 e. The summed E-state index contributed by atoms with van der Waals surface area (Å²) in [6, 6.07) is 8.88. The second kappa shape index (κ2) is 6.72. The Morgan fingerprint density at radius 2 is 2.08 bits per heavy atom.